The quantitative estimate of drug-likeness (QED) is 0.268. The van der Waals surface area contributed by atoms with Crippen LogP contribution in [-0.4, -0.2) is 15.8 Å². The van der Waals surface area contributed by atoms with Crippen molar-refractivity contribution in [1.82, 2.24) is 9.55 Å². The molecule has 0 bridgehead atoms. The maximum atomic E-state index is 13.5. The zero-order valence-corrected chi connectivity index (χ0v) is 18.3. The molecule has 0 aliphatic heterocycles. The van der Waals surface area contributed by atoms with Crippen LogP contribution >= 0.6 is 11.6 Å². The average molecular weight is 451 g/mol. The fourth-order valence-corrected chi connectivity index (χ4v) is 3.74. The van der Waals surface area contributed by atoms with Gasteiger partial charge < -0.3 is 5.73 Å². The van der Waals surface area contributed by atoms with Gasteiger partial charge in [0.15, 0.2) is 0 Å². The van der Waals surface area contributed by atoms with E-state index in [0.29, 0.717) is 33.1 Å². The molecule has 0 unspecified atom stereocenters. The number of rotatable bonds is 4. The third-order valence-corrected chi connectivity index (χ3v) is 5.65. The minimum Gasteiger partial charge on any atom is -0.397 e. The van der Waals surface area contributed by atoms with E-state index in [2.05, 4.69) is 4.99 Å². The van der Waals surface area contributed by atoms with E-state index in [1.165, 1.54) is 0 Å². The Kier molecular flexibility index (Phi) is 5.47. The average Bonchev–Trinajstić information content (AvgIpc) is 2.85. The summed E-state index contributed by atoms with van der Waals surface area (Å²) in [5, 5.41) is 0.960. The van der Waals surface area contributed by atoms with Crippen molar-refractivity contribution in [2.24, 2.45) is 4.99 Å². The van der Waals surface area contributed by atoms with Gasteiger partial charge in [0.1, 0.15) is 5.82 Å². The van der Waals surface area contributed by atoms with E-state index < -0.39 is 0 Å². The third-order valence-electron chi connectivity index (χ3n) is 5.30. The molecule has 160 valence electrons. The van der Waals surface area contributed by atoms with E-state index in [1.807, 2.05) is 79.0 Å². The minimum atomic E-state index is -0.177. The van der Waals surface area contributed by atoms with Crippen molar-refractivity contribution in [2.75, 3.05) is 5.73 Å². The number of anilines is 1. The summed E-state index contributed by atoms with van der Waals surface area (Å²) in [6.45, 7) is 0. The topological polar surface area (TPSA) is 73.3 Å². The summed E-state index contributed by atoms with van der Waals surface area (Å²) < 4.78 is 1.57. The van der Waals surface area contributed by atoms with Crippen molar-refractivity contribution in [3.05, 3.63) is 118 Å². The maximum absolute atomic E-state index is 13.5. The van der Waals surface area contributed by atoms with Gasteiger partial charge in [0.2, 0.25) is 0 Å². The van der Waals surface area contributed by atoms with E-state index in [1.54, 1.807) is 28.8 Å². The molecule has 0 spiro atoms. The highest BCUT2D eigenvalue weighted by molar-refractivity contribution is 6.33. The van der Waals surface area contributed by atoms with Gasteiger partial charge in [0.25, 0.3) is 5.56 Å². The monoisotopic (exact) mass is 450 g/mol. The molecule has 1 aromatic heterocycles. The number of benzene rings is 4. The van der Waals surface area contributed by atoms with Gasteiger partial charge >= 0.3 is 0 Å². The van der Waals surface area contributed by atoms with Crippen LogP contribution in [0.25, 0.3) is 28.0 Å². The molecule has 0 fully saturated rings. The Balaban J connectivity index is 1.63. The van der Waals surface area contributed by atoms with Crippen LogP contribution in [0.1, 0.15) is 5.56 Å². The number of hydrogen-bond donors (Lipinski definition) is 1. The zero-order valence-electron chi connectivity index (χ0n) is 17.5. The number of aromatic nitrogens is 2. The second kappa shape index (κ2) is 8.73. The molecule has 5 nitrogen and oxygen atoms in total. The SMILES string of the molecule is Nc1cc(-n2c(-c3ccc(N=Cc4ccccc4)cc3)nc3ccccc3c2=O)ccc1Cl. The molecule has 0 atom stereocenters. The Morgan fingerprint density at radius 1 is 0.879 bits per heavy atom. The Hall–Kier alpha value is -4.22. The molecule has 0 amide bonds. The Labute approximate surface area is 195 Å². The van der Waals surface area contributed by atoms with Gasteiger partial charge in [-0.3, -0.25) is 14.4 Å². The van der Waals surface area contributed by atoms with Crippen LogP contribution in [0.15, 0.2) is 107 Å². The molecule has 1 heterocycles. The van der Waals surface area contributed by atoms with Crippen LogP contribution < -0.4 is 11.3 Å². The lowest BCUT2D eigenvalue weighted by molar-refractivity contribution is 0.976. The van der Waals surface area contributed by atoms with Crippen molar-refractivity contribution in [1.29, 1.82) is 0 Å². The van der Waals surface area contributed by atoms with E-state index in [0.717, 1.165) is 16.8 Å². The Morgan fingerprint density at radius 3 is 2.36 bits per heavy atom. The number of aliphatic imine (C=N–C) groups is 1. The molecule has 0 saturated carbocycles. The van der Waals surface area contributed by atoms with Crippen LogP contribution in [0.4, 0.5) is 11.4 Å². The largest absolute Gasteiger partial charge is 0.397 e. The second-order valence-electron chi connectivity index (χ2n) is 7.51. The van der Waals surface area contributed by atoms with Gasteiger partial charge in [0, 0.05) is 11.8 Å². The fourth-order valence-electron chi connectivity index (χ4n) is 3.62. The van der Waals surface area contributed by atoms with Crippen molar-refractivity contribution in [3.63, 3.8) is 0 Å². The van der Waals surface area contributed by atoms with Crippen LogP contribution in [0.5, 0.6) is 0 Å². The van der Waals surface area contributed by atoms with Crippen molar-refractivity contribution < 1.29 is 0 Å². The molecule has 5 rings (SSSR count). The summed E-state index contributed by atoms with van der Waals surface area (Å²) in [5.41, 5.74) is 10.1. The number of nitrogens with zero attached hydrogens (tertiary/aromatic N) is 3. The lowest BCUT2D eigenvalue weighted by atomic mass is 10.1. The summed E-state index contributed by atoms with van der Waals surface area (Å²) in [7, 11) is 0. The number of hydrogen-bond acceptors (Lipinski definition) is 4. The predicted molar refractivity (Wildman–Crippen MR) is 136 cm³/mol. The van der Waals surface area contributed by atoms with Gasteiger partial charge in [-0.15, -0.1) is 0 Å². The lowest BCUT2D eigenvalue weighted by Crippen LogP contribution is -2.22. The number of para-hydroxylation sites is 1. The molecule has 0 aliphatic carbocycles. The highest BCUT2D eigenvalue weighted by Gasteiger charge is 2.15. The first-order valence-electron chi connectivity index (χ1n) is 10.4. The standard InChI is InChI=1S/C27H19ClN4O/c28-23-15-14-21(16-24(23)29)32-26(31-25-9-5-4-8-22(25)27(32)33)19-10-12-20(13-11-19)30-17-18-6-2-1-3-7-18/h1-17H,29H2. The molecule has 33 heavy (non-hydrogen) atoms. The normalized spacial score (nSPS) is 11.3. The highest BCUT2D eigenvalue weighted by Crippen LogP contribution is 2.27. The summed E-state index contributed by atoms with van der Waals surface area (Å²) in [6, 6.07) is 29.9. The summed E-state index contributed by atoms with van der Waals surface area (Å²) in [6.07, 6.45) is 1.82. The fraction of sp³-hybridized carbons (Fsp3) is 0. The number of nitrogens with two attached hydrogens (primary N) is 1. The van der Waals surface area contributed by atoms with Gasteiger partial charge in [-0.05, 0) is 60.2 Å². The highest BCUT2D eigenvalue weighted by atomic mass is 35.5. The predicted octanol–water partition coefficient (Wildman–Crippen LogP) is 6.04. The van der Waals surface area contributed by atoms with Crippen molar-refractivity contribution in [3.8, 4) is 17.1 Å². The van der Waals surface area contributed by atoms with Gasteiger partial charge in [-0.25, -0.2) is 4.98 Å². The molecule has 2 N–H and O–H groups in total. The maximum Gasteiger partial charge on any atom is 0.266 e. The molecule has 6 heteroatoms. The summed E-state index contributed by atoms with van der Waals surface area (Å²) in [5.74, 6) is 0.513. The Bertz CT molecular complexity index is 1540. The summed E-state index contributed by atoms with van der Waals surface area (Å²) in [4.78, 5) is 22.8. The van der Waals surface area contributed by atoms with E-state index in [4.69, 9.17) is 22.3 Å². The second-order valence-corrected chi connectivity index (χ2v) is 7.92. The van der Waals surface area contributed by atoms with Gasteiger partial charge in [0.05, 0.1) is 33.0 Å². The lowest BCUT2D eigenvalue weighted by Gasteiger charge is -2.15. The van der Waals surface area contributed by atoms with E-state index in [-0.39, 0.29) is 5.56 Å². The number of nitrogen functional groups attached to an aromatic ring is 1. The zero-order chi connectivity index (χ0) is 22.8. The van der Waals surface area contributed by atoms with Crippen LogP contribution in [-0.2, 0) is 0 Å². The van der Waals surface area contributed by atoms with E-state index in [9.17, 15) is 4.79 Å². The molecular formula is C27H19ClN4O. The van der Waals surface area contributed by atoms with Crippen LogP contribution in [0, 0.1) is 0 Å². The minimum absolute atomic E-state index is 0.177. The molecule has 0 saturated heterocycles. The molecule has 5 aromatic rings. The van der Waals surface area contributed by atoms with Gasteiger partial charge in [-0.2, -0.15) is 0 Å². The van der Waals surface area contributed by atoms with E-state index >= 15 is 0 Å². The molecule has 4 aromatic carbocycles. The van der Waals surface area contributed by atoms with Crippen LogP contribution in [0.3, 0.4) is 0 Å². The first-order valence-corrected chi connectivity index (χ1v) is 10.7. The Morgan fingerprint density at radius 2 is 1.61 bits per heavy atom. The first kappa shape index (κ1) is 20.7. The molecule has 0 radical (unpaired) electrons. The smallest absolute Gasteiger partial charge is 0.266 e. The number of halogens is 1. The summed E-state index contributed by atoms with van der Waals surface area (Å²) >= 11 is 6.11. The van der Waals surface area contributed by atoms with Crippen molar-refractivity contribution >= 4 is 40.1 Å². The first-order chi connectivity index (χ1) is 16.1. The molecular weight excluding hydrogens is 432 g/mol. The molecule has 0 aliphatic rings. The van der Waals surface area contributed by atoms with Crippen molar-refractivity contribution in [2.45, 2.75) is 0 Å². The third kappa shape index (κ3) is 4.14. The van der Waals surface area contributed by atoms with Crippen LogP contribution in [0.2, 0.25) is 5.02 Å². The number of fused-ring (bicyclic) bond motifs is 1. The van der Waals surface area contributed by atoms with Gasteiger partial charge in [-0.1, -0.05) is 54.1 Å².